The molecule has 1 aromatic carbocycles. The van der Waals surface area contributed by atoms with Crippen LogP contribution in [-0.4, -0.2) is 5.11 Å². The number of rotatable bonds is 1. The lowest BCUT2D eigenvalue weighted by atomic mass is 10.1. The van der Waals surface area contributed by atoms with E-state index in [0.29, 0.717) is 11.1 Å². The number of halogens is 1. The van der Waals surface area contributed by atoms with Crippen molar-refractivity contribution in [2.24, 2.45) is 0 Å². The van der Waals surface area contributed by atoms with Crippen LogP contribution in [0.2, 0.25) is 0 Å². The summed E-state index contributed by atoms with van der Waals surface area (Å²) in [5.41, 5.74) is 0.937. The van der Waals surface area contributed by atoms with E-state index in [1.54, 1.807) is 25.1 Å². The molecular weight excluding hydrogens is 131 g/mol. The van der Waals surface area contributed by atoms with Gasteiger partial charge in [-0.05, 0) is 12.5 Å². The summed E-state index contributed by atoms with van der Waals surface area (Å²) in [6.45, 7) is 1.45. The van der Waals surface area contributed by atoms with Crippen molar-refractivity contribution in [3.05, 3.63) is 35.1 Å². The van der Waals surface area contributed by atoms with Gasteiger partial charge in [0.05, 0.1) is 6.61 Å². The van der Waals surface area contributed by atoms with Gasteiger partial charge in [-0.3, -0.25) is 0 Å². The fourth-order valence-electron chi connectivity index (χ4n) is 0.830. The molecule has 0 heterocycles. The van der Waals surface area contributed by atoms with Crippen LogP contribution in [0.1, 0.15) is 11.1 Å². The smallest absolute Gasteiger partial charge is 0.131 e. The second kappa shape index (κ2) is 2.80. The van der Waals surface area contributed by atoms with Crippen molar-refractivity contribution in [1.82, 2.24) is 0 Å². The Kier molecular flexibility index (Phi) is 2.02. The Labute approximate surface area is 59.1 Å². The Morgan fingerprint density at radius 1 is 1.50 bits per heavy atom. The highest BCUT2D eigenvalue weighted by Crippen LogP contribution is 2.10. The summed E-state index contributed by atoms with van der Waals surface area (Å²) in [4.78, 5) is 0. The van der Waals surface area contributed by atoms with E-state index in [1.165, 1.54) is 0 Å². The molecule has 0 aromatic heterocycles. The minimum absolute atomic E-state index is 0.229. The molecule has 0 aliphatic rings. The van der Waals surface area contributed by atoms with Crippen molar-refractivity contribution in [2.45, 2.75) is 13.5 Å². The van der Waals surface area contributed by atoms with Gasteiger partial charge in [0.25, 0.3) is 0 Å². The van der Waals surface area contributed by atoms with Crippen LogP contribution in [0.4, 0.5) is 4.39 Å². The zero-order valence-electron chi connectivity index (χ0n) is 5.76. The summed E-state index contributed by atoms with van der Waals surface area (Å²) in [5, 5.41) is 8.60. The van der Waals surface area contributed by atoms with Gasteiger partial charge < -0.3 is 5.11 Å². The zero-order valence-corrected chi connectivity index (χ0v) is 5.76. The number of hydrogen-bond acceptors (Lipinski definition) is 1. The molecule has 1 N–H and O–H groups in total. The Bertz CT molecular complexity index is 233. The predicted octanol–water partition coefficient (Wildman–Crippen LogP) is 1.63. The molecule has 0 radical (unpaired) electrons. The maximum atomic E-state index is 12.8. The Morgan fingerprint density at radius 3 is 2.70 bits per heavy atom. The minimum Gasteiger partial charge on any atom is -0.392 e. The average molecular weight is 140 g/mol. The van der Waals surface area contributed by atoms with Crippen LogP contribution in [-0.2, 0) is 6.61 Å². The predicted molar refractivity (Wildman–Crippen MR) is 37.1 cm³/mol. The maximum Gasteiger partial charge on any atom is 0.131 e. The van der Waals surface area contributed by atoms with Gasteiger partial charge in [0.15, 0.2) is 0 Å². The first-order valence-corrected chi connectivity index (χ1v) is 3.10. The molecule has 0 aliphatic carbocycles. The summed E-state index contributed by atoms with van der Waals surface area (Å²) in [5.74, 6) is -0.301. The first-order valence-electron chi connectivity index (χ1n) is 3.10. The third-order valence-electron chi connectivity index (χ3n) is 1.44. The molecule has 1 rings (SSSR count). The number of benzene rings is 1. The van der Waals surface area contributed by atoms with Gasteiger partial charge in [0.2, 0.25) is 0 Å². The minimum atomic E-state index is -0.301. The van der Waals surface area contributed by atoms with E-state index in [1.807, 2.05) is 0 Å². The number of hydrogen-bond donors (Lipinski definition) is 1. The molecule has 0 saturated carbocycles. The summed E-state index contributed by atoms with van der Waals surface area (Å²) in [6.07, 6.45) is 0. The summed E-state index contributed by atoms with van der Waals surface area (Å²) in [7, 11) is 0. The average Bonchev–Trinajstić information content (AvgIpc) is 1.95. The van der Waals surface area contributed by atoms with Gasteiger partial charge in [-0.1, -0.05) is 18.2 Å². The Balaban J connectivity index is 3.14. The van der Waals surface area contributed by atoms with Gasteiger partial charge in [0, 0.05) is 5.56 Å². The molecule has 54 valence electrons. The van der Waals surface area contributed by atoms with E-state index in [0.717, 1.165) is 0 Å². The molecular formula is C8H9FO. The monoisotopic (exact) mass is 140 g/mol. The summed E-state index contributed by atoms with van der Waals surface area (Å²) < 4.78 is 12.8. The first-order chi connectivity index (χ1) is 4.75. The second-order valence-electron chi connectivity index (χ2n) is 2.21. The third-order valence-corrected chi connectivity index (χ3v) is 1.44. The van der Waals surface area contributed by atoms with Gasteiger partial charge in [-0.2, -0.15) is 0 Å². The Hall–Kier alpha value is -0.890. The van der Waals surface area contributed by atoms with E-state index in [2.05, 4.69) is 0 Å². The van der Waals surface area contributed by atoms with Crippen LogP contribution in [0.5, 0.6) is 0 Å². The normalized spacial score (nSPS) is 9.90. The van der Waals surface area contributed by atoms with Crippen LogP contribution in [0, 0.1) is 12.7 Å². The fourth-order valence-corrected chi connectivity index (χ4v) is 0.830. The van der Waals surface area contributed by atoms with E-state index in [4.69, 9.17) is 5.11 Å². The zero-order chi connectivity index (χ0) is 7.56. The van der Waals surface area contributed by atoms with E-state index in [-0.39, 0.29) is 12.4 Å². The van der Waals surface area contributed by atoms with Crippen molar-refractivity contribution < 1.29 is 9.50 Å². The molecule has 0 fully saturated rings. The van der Waals surface area contributed by atoms with Crippen LogP contribution in [0.15, 0.2) is 18.2 Å². The number of aliphatic hydroxyl groups excluding tert-OH is 1. The lowest BCUT2D eigenvalue weighted by Crippen LogP contribution is -1.91. The van der Waals surface area contributed by atoms with Crippen molar-refractivity contribution >= 4 is 0 Å². The molecule has 1 nitrogen and oxygen atoms in total. The molecule has 0 unspecified atom stereocenters. The SMILES string of the molecule is Cc1cccc(CO)c1[19F]. The highest BCUT2D eigenvalue weighted by Gasteiger charge is 2.01. The lowest BCUT2D eigenvalue weighted by molar-refractivity contribution is 0.275. The highest BCUT2D eigenvalue weighted by molar-refractivity contribution is 5.23. The van der Waals surface area contributed by atoms with Gasteiger partial charge in [-0.15, -0.1) is 0 Å². The number of aliphatic hydroxyl groups is 1. The van der Waals surface area contributed by atoms with Crippen molar-refractivity contribution in [2.75, 3.05) is 0 Å². The standard InChI is InChI=1S/C8H9FO/c1-6-3-2-4-7(5-10)8(6)9/h2-4,10H,5H2,1H3/i9+0. The van der Waals surface area contributed by atoms with E-state index >= 15 is 0 Å². The van der Waals surface area contributed by atoms with Crippen LogP contribution in [0.3, 0.4) is 0 Å². The maximum absolute atomic E-state index is 12.8. The van der Waals surface area contributed by atoms with E-state index in [9.17, 15) is 4.39 Å². The van der Waals surface area contributed by atoms with Crippen LogP contribution in [0.25, 0.3) is 0 Å². The fraction of sp³-hybridized carbons (Fsp3) is 0.250. The van der Waals surface area contributed by atoms with Gasteiger partial charge in [0.1, 0.15) is 5.82 Å². The van der Waals surface area contributed by atoms with E-state index < -0.39 is 0 Å². The van der Waals surface area contributed by atoms with Gasteiger partial charge >= 0.3 is 0 Å². The second-order valence-corrected chi connectivity index (χ2v) is 2.21. The first kappa shape index (κ1) is 7.22. The van der Waals surface area contributed by atoms with Crippen LogP contribution < -0.4 is 0 Å². The molecule has 2 heteroatoms. The van der Waals surface area contributed by atoms with Crippen molar-refractivity contribution in [3.63, 3.8) is 0 Å². The molecule has 0 bridgehead atoms. The Morgan fingerprint density at radius 2 is 2.20 bits per heavy atom. The number of aryl methyl sites for hydroxylation is 1. The topological polar surface area (TPSA) is 20.2 Å². The quantitative estimate of drug-likeness (QED) is 0.628. The highest BCUT2D eigenvalue weighted by atomic mass is 19.1. The van der Waals surface area contributed by atoms with Crippen molar-refractivity contribution in [3.8, 4) is 0 Å². The van der Waals surface area contributed by atoms with Crippen molar-refractivity contribution in [1.29, 1.82) is 0 Å². The van der Waals surface area contributed by atoms with Crippen LogP contribution >= 0.6 is 0 Å². The molecule has 0 spiro atoms. The molecule has 0 aliphatic heterocycles. The molecule has 0 atom stereocenters. The summed E-state index contributed by atoms with van der Waals surface area (Å²) >= 11 is 0. The molecule has 10 heavy (non-hydrogen) atoms. The summed E-state index contributed by atoms with van der Waals surface area (Å²) in [6, 6.07) is 4.97. The molecule has 1 aromatic rings. The molecule has 0 saturated heterocycles. The lowest BCUT2D eigenvalue weighted by Gasteiger charge is -1.99. The third kappa shape index (κ3) is 1.16. The molecule has 0 amide bonds. The van der Waals surface area contributed by atoms with Gasteiger partial charge in [-0.25, -0.2) is 4.39 Å². The largest absolute Gasteiger partial charge is 0.392 e.